The molecule has 0 aliphatic heterocycles. The topological polar surface area (TPSA) is 20.2 Å². The van der Waals surface area contributed by atoms with Crippen LogP contribution in [-0.4, -0.2) is 5.11 Å². The van der Waals surface area contributed by atoms with Gasteiger partial charge in [-0.25, -0.2) is 0 Å². The summed E-state index contributed by atoms with van der Waals surface area (Å²) in [5.74, 6) is 0.799. The van der Waals surface area contributed by atoms with E-state index < -0.39 is 0 Å². The van der Waals surface area contributed by atoms with Gasteiger partial charge in [-0.3, -0.25) is 0 Å². The SMILES string of the molecule is CCCC1=CC(C)=CC(C)C=C1O. The lowest BCUT2D eigenvalue weighted by Gasteiger charge is -2.03. The fourth-order valence-corrected chi connectivity index (χ4v) is 1.69. The third-order valence-electron chi connectivity index (χ3n) is 2.20. The van der Waals surface area contributed by atoms with Crippen LogP contribution >= 0.6 is 0 Å². The lowest BCUT2D eigenvalue weighted by Crippen LogP contribution is -1.90. The molecule has 1 nitrogen and oxygen atoms in total. The summed E-state index contributed by atoms with van der Waals surface area (Å²) < 4.78 is 0. The zero-order valence-electron chi connectivity index (χ0n) is 8.67. The van der Waals surface area contributed by atoms with Gasteiger partial charge >= 0.3 is 0 Å². The second-order valence-corrected chi connectivity index (χ2v) is 3.74. The molecule has 0 aromatic rings. The number of aliphatic hydroxyl groups excluding tert-OH is 1. The van der Waals surface area contributed by atoms with Crippen molar-refractivity contribution < 1.29 is 5.11 Å². The normalized spacial score (nSPS) is 23.0. The molecule has 1 N–H and O–H groups in total. The number of hydrogen-bond acceptors (Lipinski definition) is 1. The summed E-state index contributed by atoms with van der Waals surface area (Å²) in [5.41, 5.74) is 2.32. The molecule has 13 heavy (non-hydrogen) atoms. The van der Waals surface area contributed by atoms with E-state index in [2.05, 4.69) is 32.9 Å². The predicted octanol–water partition coefficient (Wildman–Crippen LogP) is 3.75. The van der Waals surface area contributed by atoms with Crippen molar-refractivity contribution in [2.24, 2.45) is 5.92 Å². The van der Waals surface area contributed by atoms with Crippen LogP contribution < -0.4 is 0 Å². The molecule has 0 spiro atoms. The molecule has 1 aliphatic carbocycles. The van der Waals surface area contributed by atoms with E-state index in [0.29, 0.717) is 11.7 Å². The highest BCUT2D eigenvalue weighted by molar-refractivity contribution is 5.36. The molecule has 1 atom stereocenters. The van der Waals surface area contributed by atoms with Crippen LogP contribution in [0.1, 0.15) is 33.6 Å². The Bertz CT molecular complexity index is 269. The summed E-state index contributed by atoms with van der Waals surface area (Å²) in [7, 11) is 0. The third-order valence-corrected chi connectivity index (χ3v) is 2.20. The van der Waals surface area contributed by atoms with E-state index in [1.807, 2.05) is 6.08 Å². The molecule has 0 amide bonds. The van der Waals surface area contributed by atoms with Crippen LogP contribution in [-0.2, 0) is 0 Å². The second-order valence-electron chi connectivity index (χ2n) is 3.74. The van der Waals surface area contributed by atoms with Gasteiger partial charge in [0.2, 0.25) is 0 Å². The van der Waals surface area contributed by atoms with Crippen LogP contribution in [0.15, 0.2) is 35.1 Å². The molecule has 0 saturated heterocycles. The highest BCUT2D eigenvalue weighted by Crippen LogP contribution is 2.22. The van der Waals surface area contributed by atoms with Gasteiger partial charge in [-0.2, -0.15) is 0 Å². The summed E-state index contributed by atoms with van der Waals surface area (Å²) in [5, 5.41) is 9.73. The fraction of sp³-hybridized carbons (Fsp3) is 0.500. The quantitative estimate of drug-likeness (QED) is 0.682. The van der Waals surface area contributed by atoms with Gasteiger partial charge in [0.25, 0.3) is 0 Å². The molecule has 0 saturated carbocycles. The van der Waals surface area contributed by atoms with Crippen molar-refractivity contribution in [1.82, 2.24) is 0 Å². The van der Waals surface area contributed by atoms with E-state index in [4.69, 9.17) is 0 Å². The van der Waals surface area contributed by atoms with Gasteiger partial charge in [0, 0.05) is 0 Å². The average Bonchev–Trinajstić information content (AvgIpc) is 2.12. The summed E-state index contributed by atoms with van der Waals surface area (Å²) in [6.45, 7) is 6.29. The van der Waals surface area contributed by atoms with Crippen molar-refractivity contribution in [2.45, 2.75) is 33.6 Å². The lowest BCUT2D eigenvalue weighted by atomic mass is 10.1. The first-order valence-corrected chi connectivity index (χ1v) is 4.93. The maximum absolute atomic E-state index is 9.73. The largest absolute Gasteiger partial charge is 0.508 e. The van der Waals surface area contributed by atoms with Crippen molar-refractivity contribution >= 4 is 0 Å². The van der Waals surface area contributed by atoms with Gasteiger partial charge < -0.3 is 5.11 Å². The second kappa shape index (κ2) is 4.31. The lowest BCUT2D eigenvalue weighted by molar-refractivity contribution is 0.414. The first-order valence-electron chi connectivity index (χ1n) is 4.93. The van der Waals surface area contributed by atoms with Crippen molar-refractivity contribution in [3.05, 3.63) is 35.1 Å². The van der Waals surface area contributed by atoms with Crippen molar-refractivity contribution in [3.8, 4) is 0 Å². The molecule has 1 aliphatic rings. The van der Waals surface area contributed by atoms with Gasteiger partial charge in [-0.1, -0.05) is 38.0 Å². The zero-order valence-corrected chi connectivity index (χ0v) is 8.67. The molecule has 0 fully saturated rings. The monoisotopic (exact) mass is 178 g/mol. The molecule has 0 heterocycles. The van der Waals surface area contributed by atoms with E-state index >= 15 is 0 Å². The van der Waals surface area contributed by atoms with E-state index in [9.17, 15) is 5.11 Å². The number of aliphatic hydroxyl groups is 1. The minimum absolute atomic E-state index is 0.339. The Kier molecular flexibility index (Phi) is 3.35. The van der Waals surface area contributed by atoms with Crippen molar-refractivity contribution in [1.29, 1.82) is 0 Å². The minimum atomic E-state index is 0.339. The number of rotatable bonds is 2. The first kappa shape index (κ1) is 10.1. The van der Waals surface area contributed by atoms with E-state index in [1.54, 1.807) is 0 Å². The van der Waals surface area contributed by atoms with Crippen LogP contribution in [0.25, 0.3) is 0 Å². The molecular formula is C12H18O. The van der Waals surface area contributed by atoms with Gasteiger partial charge in [-0.05, 0) is 30.9 Å². The number of hydrogen-bond donors (Lipinski definition) is 1. The Labute approximate surface area is 80.5 Å². The predicted molar refractivity (Wildman–Crippen MR) is 56.6 cm³/mol. The molecule has 0 radical (unpaired) electrons. The highest BCUT2D eigenvalue weighted by atomic mass is 16.3. The fourth-order valence-electron chi connectivity index (χ4n) is 1.69. The van der Waals surface area contributed by atoms with Gasteiger partial charge in [-0.15, -0.1) is 0 Å². The van der Waals surface area contributed by atoms with E-state index in [0.717, 1.165) is 18.4 Å². The molecule has 0 bridgehead atoms. The Hall–Kier alpha value is -0.980. The van der Waals surface area contributed by atoms with Gasteiger partial charge in [0.05, 0.1) is 0 Å². The van der Waals surface area contributed by atoms with Crippen LogP contribution in [0.3, 0.4) is 0 Å². The molecule has 1 heteroatoms. The summed E-state index contributed by atoms with van der Waals surface area (Å²) in [6, 6.07) is 0. The van der Waals surface area contributed by atoms with E-state index in [-0.39, 0.29) is 0 Å². The molecular weight excluding hydrogens is 160 g/mol. The van der Waals surface area contributed by atoms with Gasteiger partial charge in [0.15, 0.2) is 0 Å². The Morgan fingerprint density at radius 2 is 2.08 bits per heavy atom. The minimum Gasteiger partial charge on any atom is -0.508 e. The molecule has 0 aromatic carbocycles. The Morgan fingerprint density at radius 1 is 1.38 bits per heavy atom. The standard InChI is InChI=1S/C12H18O/c1-4-5-11-7-9(2)6-10(3)8-12(11)13/h6-8,10,13H,4-5H2,1-3H3. The maximum atomic E-state index is 9.73. The van der Waals surface area contributed by atoms with Crippen LogP contribution in [0.5, 0.6) is 0 Å². The van der Waals surface area contributed by atoms with Crippen LogP contribution in [0.2, 0.25) is 0 Å². The van der Waals surface area contributed by atoms with Gasteiger partial charge in [0.1, 0.15) is 5.76 Å². The van der Waals surface area contributed by atoms with Crippen molar-refractivity contribution in [2.75, 3.05) is 0 Å². The maximum Gasteiger partial charge on any atom is 0.115 e. The summed E-state index contributed by atoms with van der Waals surface area (Å²) >= 11 is 0. The molecule has 1 rings (SSSR count). The number of allylic oxidation sites excluding steroid dienone is 5. The average molecular weight is 178 g/mol. The van der Waals surface area contributed by atoms with Crippen LogP contribution in [0, 0.1) is 5.92 Å². The zero-order chi connectivity index (χ0) is 9.84. The summed E-state index contributed by atoms with van der Waals surface area (Å²) in [4.78, 5) is 0. The van der Waals surface area contributed by atoms with E-state index in [1.165, 1.54) is 5.57 Å². The first-order chi connectivity index (χ1) is 6.13. The van der Waals surface area contributed by atoms with Crippen LogP contribution in [0.4, 0.5) is 0 Å². The molecule has 72 valence electrons. The Morgan fingerprint density at radius 3 is 2.69 bits per heavy atom. The van der Waals surface area contributed by atoms with Crippen molar-refractivity contribution in [3.63, 3.8) is 0 Å². The summed E-state index contributed by atoms with van der Waals surface area (Å²) in [6.07, 6.45) is 8.20. The Balaban J connectivity index is 2.92. The third kappa shape index (κ3) is 2.76. The molecule has 1 unspecified atom stereocenters. The molecule has 0 aromatic heterocycles. The smallest absolute Gasteiger partial charge is 0.115 e. The highest BCUT2D eigenvalue weighted by Gasteiger charge is 2.08.